The van der Waals surface area contributed by atoms with Crippen LogP contribution in [0.2, 0.25) is 0 Å². The summed E-state index contributed by atoms with van der Waals surface area (Å²) in [5.74, 6) is 0.597. The Morgan fingerprint density at radius 1 is 1.47 bits per heavy atom. The third kappa shape index (κ3) is 2.10. The van der Waals surface area contributed by atoms with Crippen LogP contribution in [-0.2, 0) is 7.05 Å². The van der Waals surface area contributed by atoms with E-state index >= 15 is 0 Å². The lowest BCUT2D eigenvalue weighted by atomic mass is 10.1. The predicted octanol–water partition coefficient (Wildman–Crippen LogP) is 0.564. The van der Waals surface area contributed by atoms with Gasteiger partial charge in [0, 0.05) is 26.2 Å². The van der Waals surface area contributed by atoms with Crippen LogP contribution in [0, 0.1) is 17.0 Å². The quantitative estimate of drug-likeness (QED) is 0.601. The van der Waals surface area contributed by atoms with Gasteiger partial charge in [-0.05, 0) is 19.8 Å². The molecule has 1 aromatic rings. The Bertz CT molecular complexity index is 434. The van der Waals surface area contributed by atoms with Gasteiger partial charge in [0.15, 0.2) is 0 Å². The van der Waals surface area contributed by atoms with E-state index < -0.39 is 0 Å². The summed E-state index contributed by atoms with van der Waals surface area (Å²) in [6.07, 6.45) is 1.72. The zero-order valence-electron chi connectivity index (χ0n) is 10.1. The first-order valence-corrected chi connectivity index (χ1v) is 5.69. The molecule has 1 aromatic heterocycles. The highest BCUT2D eigenvalue weighted by Gasteiger charge is 2.30. The first kappa shape index (κ1) is 11.8. The van der Waals surface area contributed by atoms with Crippen LogP contribution >= 0.6 is 0 Å². The van der Waals surface area contributed by atoms with Crippen molar-refractivity contribution in [1.82, 2.24) is 9.78 Å². The van der Waals surface area contributed by atoms with Crippen LogP contribution in [0.5, 0.6) is 0 Å². The van der Waals surface area contributed by atoms with E-state index in [0.717, 1.165) is 25.9 Å². The van der Waals surface area contributed by atoms with E-state index in [4.69, 9.17) is 5.73 Å². The number of hydrogen-bond donors (Lipinski definition) is 1. The Balaban J connectivity index is 2.34. The number of anilines is 1. The maximum Gasteiger partial charge on any atom is 0.333 e. The number of aryl methyl sites for hydroxylation is 2. The lowest BCUT2D eigenvalue weighted by Crippen LogP contribution is -2.40. The van der Waals surface area contributed by atoms with Crippen molar-refractivity contribution in [2.75, 3.05) is 18.0 Å². The van der Waals surface area contributed by atoms with E-state index in [2.05, 4.69) is 5.10 Å². The van der Waals surface area contributed by atoms with Gasteiger partial charge in [0.25, 0.3) is 0 Å². The van der Waals surface area contributed by atoms with Crippen molar-refractivity contribution in [3.63, 3.8) is 0 Å². The van der Waals surface area contributed by atoms with Gasteiger partial charge in [-0.15, -0.1) is 0 Å². The van der Waals surface area contributed by atoms with Gasteiger partial charge in [-0.3, -0.25) is 10.1 Å². The average molecular weight is 239 g/mol. The molecule has 17 heavy (non-hydrogen) atoms. The molecule has 2 N–H and O–H groups in total. The lowest BCUT2D eigenvalue weighted by Gasteiger charge is -2.30. The zero-order valence-corrected chi connectivity index (χ0v) is 10.1. The zero-order chi connectivity index (χ0) is 12.6. The van der Waals surface area contributed by atoms with Gasteiger partial charge in [0.2, 0.25) is 5.82 Å². The molecule has 0 unspecified atom stereocenters. The van der Waals surface area contributed by atoms with Crippen LogP contribution in [0.25, 0.3) is 0 Å². The number of nitrogens with two attached hydrogens (primary N) is 1. The summed E-state index contributed by atoms with van der Waals surface area (Å²) in [6, 6.07) is 0.208. The number of rotatable bonds is 2. The third-order valence-electron chi connectivity index (χ3n) is 3.18. The Hall–Kier alpha value is -1.63. The van der Waals surface area contributed by atoms with Crippen molar-refractivity contribution in [2.45, 2.75) is 25.8 Å². The van der Waals surface area contributed by atoms with Crippen molar-refractivity contribution in [1.29, 1.82) is 0 Å². The maximum atomic E-state index is 11.1. The van der Waals surface area contributed by atoms with Crippen molar-refractivity contribution in [3.8, 4) is 0 Å². The van der Waals surface area contributed by atoms with Gasteiger partial charge in [-0.1, -0.05) is 0 Å². The summed E-state index contributed by atoms with van der Waals surface area (Å²) in [6.45, 7) is 3.17. The Kier molecular flexibility index (Phi) is 3.01. The van der Waals surface area contributed by atoms with Crippen molar-refractivity contribution >= 4 is 11.5 Å². The fraction of sp³-hybridized carbons (Fsp3) is 0.700. The molecule has 0 aromatic carbocycles. The van der Waals surface area contributed by atoms with E-state index in [1.54, 1.807) is 18.7 Å². The monoisotopic (exact) mass is 239 g/mol. The molecule has 0 spiro atoms. The van der Waals surface area contributed by atoms with Crippen LogP contribution < -0.4 is 10.6 Å². The van der Waals surface area contributed by atoms with Gasteiger partial charge < -0.3 is 10.6 Å². The summed E-state index contributed by atoms with van der Waals surface area (Å²) in [4.78, 5) is 12.7. The van der Waals surface area contributed by atoms with Crippen molar-refractivity contribution < 1.29 is 4.92 Å². The fourth-order valence-electron chi connectivity index (χ4n) is 2.31. The number of nitrogens with zero attached hydrogens (tertiary/aromatic N) is 4. The summed E-state index contributed by atoms with van der Waals surface area (Å²) in [7, 11) is 1.74. The van der Waals surface area contributed by atoms with Crippen LogP contribution in [-0.4, -0.2) is 33.8 Å². The van der Waals surface area contributed by atoms with Crippen molar-refractivity contribution in [2.24, 2.45) is 12.8 Å². The highest BCUT2D eigenvalue weighted by Crippen LogP contribution is 2.32. The second-order valence-corrected chi connectivity index (χ2v) is 4.46. The van der Waals surface area contributed by atoms with Crippen molar-refractivity contribution in [3.05, 3.63) is 15.8 Å². The topological polar surface area (TPSA) is 90.2 Å². The molecule has 7 heteroatoms. The molecular formula is C10H17N5O2. The Labute approximate surface area is 99.3 Å². The van der Waals surface area contributed by atoms with E-state index in [1.807, 2.05) is 4.90 Å². The molecule has 2 heterocycles. The van der Waals surface area contributed by atoms with E-state index in [-0.39, 0.29) is 16.7 Å². The van der Waals surface area contributed by atoms with Gasteiger partial charge in [0.1, 0.15) is 5.69 Å². The minimum atomic E-state index is -0.355. The minimum absolute atomic E-state index is 0.114. The molecule has 0 aliphatic carbocycles. The molecule has 0 radical (unpaired) electrons. The molecule has 7 nitrogen and oxygen atoms in total. The molecule has 1 aliphatic heterocycles. The predicted molar refractivity (Wildman–Crippen MR) is 64.0 cm³/mol. The van der Waals surface area contributed by atoms with E-state index in [0.29, 0.717) is 11.5 Å². The molecule has 1 aliphatic rings. The summed E-state index contributed by atoms with van der Waals surface area (Å²) >= 11 is 0. The molecule has 1 fully saturated rings. The van der Waals surface area contributed by atoms with Gasteiger partial charge >= 0.3 is 5.69 Å². The van der Waals surface area contributed by atoms with Gasteiger partial charge in [0.05, 0.1) is 4.92 Å². The number of aromatic nitrogens is 2. The summed E-state index contributed by atoms with van der Waals surface area (Å²) in [5.41, 5.74) is 6.41. The van der Waals surface area contributed by atoms with Crippen LogP contribution in [0.4, 0.5) is 11.5 Å². The molecule has 0 atom stereocenters. The number of nitro groups is 1. The number of piperidine rings is 1. The summed E-state index contributed by atoms with van der Waals surface area (Å²) in [5, 5.41) is 15.2. The Morgan fingerprint density at radius 3 is 2.59 bits per heavy atom. The van der Waals surface area contributed by atoms with Gasteiger partial charge in [-0.25, -0.2) is 4.68 Å². The molecule has 0 saturated carbocycles. The summed E-state index contributed by atoms with van der Waals surface area (Å²) < 4.78 is 1.59. The largest absolute Gasteiger partial charge is 0.351 e. The second kappa shape index (κ2) is 4.33. The van der Waals surface area contributed by atoms with E-state index in [1.165, 1.54) is 0 Å². The smallest absolute Gasteiger partial charge is 0.333 e. The third-order valence-corrected chi connectivity index (χ3v) is 3.18. The first-order chi connectivity index (χ1) is 8.00. The maximum absolute atomic E-state index is 11.1. The molecular weight excluding hydrogens is 222 g/mol. The first-order valence-electron chi connectivity index (χ1n) is 5.69. The molecule has 0 amide bonds. The standard InChI is InChI=1S/C10H17N5O2/c1-7-9(15(16)17)10(13(2)12-7)14-5-3-8(11)4-6-14/h8H,3-6,11H2,1-2H3. The second-order valence-electron chi connectivity index (χ2n) is 4.46. The highest BCUT2D eigenvalue weighted by molar-refractivity contribution is 5.61. The average Bonchev–Trinajstić information content (AvgIpc) is 2.55. The fourth-order valence-corrected chi connectivity index (χ4v) is 2.31. The van der Waals surface area contributed by atoms with Crippen LogP contribution in [0.1, 0.15) is 18.5 Å². The Morgan fingerprint density at radius 2 is 2.06 bits per heavy atom. The number of hydrogen-bond acceptors (Lipinski definition) is 5. The molecule has 0 bridgehead atoms. The lowest BCUT2D eigenvalue weighted by molar-refractivity contribution is -0.384. The minimum Gasteiger partial charge on any atom is -0.351 e. The molecule has 94 valence electrons. The van der Waals surface area contributed by atoms with Crippen LogP contribution in [0.15, 0.2) is 0 Å². The van der Waals surface area contributed by atoms with Gasteiger partial charge in [-0.2, -0.15) is 5.10 Å². The molecule has 2 rings (SSSR count). The highest BCUT2D eigenvalue weighted by atomic mass is 16.6. The van der Waals surface area contributed by atoms with Crippen LogP contribution in [0.3, 0.4) is 0 Å². The SMILES string of the molecule is Cc1nn(C)c(N2CCC(N)CC2)c1[N+](=O)[O-]. The van der Waals surface area contributed by atoms with E-state index in [9.17, 15) is 10.1 Å². The molecule has 1 saturated heterocycles. The normalized spacial score (nSPS) is 17.5.